The van der Waals surface area contributed by atoms with Gasteiger partial charge in [0.1, 0.15) is 17.4 Å². The number of fused-ring (bicyclic) bond motifs is 2. The van der Waals surface area contributed by atoms with E-state index in [4.69, 9.17) is 15.2 Å². The van der Waals surface area contributed by atoms with E-state index in [9.17, 15) is 19.6 Å². The van der Waals surface area contributed by atoms with Crippen LogP contribution in [0.15, 0.2) is 47.0 Å². The Labute approximate surface area is 154 Å². The summed E-state index contributed by atoms with van der Waals surface area (Å²) >= 11 is 0. The van der Waals surface area contributed by atoms with E-state index in [0.29, 0.717) is 0 Å². The zero-order valence-electron chi connectivity index (χ0n) is 14.5. The van der Waals surface area contributed by atoms with Gasteiger partial charge < -0.3 is 25.3 Å². The van der Waals surface area contributed by atoms with E-state index < -0.39 is 29.7 Å². The highest BCUT2D eigenvalue weighted by atomic mass is 16.5. The normalized spacial score (nSPS) is 20.6. The van der Waals surface area contributed by atoms with Crippen LogP contribution in [0.1, 0.15) is 12.0 Å². The van der Waals surface area contributed by atoms with E-state index in [1.807, 2.05) is 6.07 Å². The first-order valence-corrected chi connectivity index (χ1v) is 7.79. The van der Waals surface area contributed by atoms with E-state index in [-0.39, 0.29) is 34.0 Å². The van der Waals surface area contributed by atoms with Crippen molar-refractivity contribution in [2.75, 3.05) is 14.2 Å². The van der Waals surface area contributed by atoms with Gasteiger partial charge in [0.05, 0.1) is 26.2 Å². The Kier molecular flexibility index (Phi) is 4.33. The van der Waals surface area contributed by atoms with Crippen molar-refractivity contribution in [1.82, 2.24) is 5.32 Å². The molecule has 0 bridgehead atoms. The summed E-state index contributed by atoms with van der Waals surface area (Å²) in [6, 6.07) is 8.24. The Morgan fingerprint density at radius 2 is 2.00 bits per heavy atom. The Morgan fingerprint density at radius 1 is 1.30 bits per heavy atom. The van der Waals surface area contributed by atoms with E-state index in [0.717, 1.165) is 7.11 Å². The number of nitrogens with zero attached hydrogens (tertiary/aromatic N) is 1. The van der Waals surface area contributed by atoms with Crippen LogP contribution in [0, 0.1) is 11.3 Å². The molecule has 2 aliphatic heterocycles. The quantitative estimate of drug-likeness (QED) is 0.716. The van der Waals surface area contributed by atoms with Crippen molar-refractivity contribution in [2.24, 2.45) is 5.73 Å². The number of hydrogen-bond donors (Lipinski definition) is 2. The maximum absolute atomic E-state index is 13.1. The van der Waals surface area contributed by atoms with Crippen molar-refractivity contribution in [1.29, 1.82) is 5.26 Å². The van der Waals surface area contributed by atoms with Gasteiger partial charge in [-0.1, -0.05) is 18.2 Å². The number of para-hydroxylation sites is 1. The molecule has 0 radical (unpaired) electrons. The summed E-state index contributed by atoms with van der Waals surface area (Å²) < 4.78 is 14.9. The summed E-state index contributed by atoms with van der Waals surface area (Å²) in [6.45, 7) is 0. The van der Waals surface area contributed by atoms with Gasteiger partial charge in [-0.05, 0) is 6.07 Å². The van der Waals surface area contributed by atoms with Gasteiger partial charge in [0.2, 0.25) is 11.8 Å². The van der Waals surface area contributed by atoms with Crippen LogP contribution < -0.4 is 15.8 Å². The molecule has 2 heterocycles. The molecule has 0 aliphatic carbocycles. The van der Waals surface area contributed by atoms with Crippen LogP contribution in [-0.2, 0) is 29.3 Å². The van der Waals surface area contributed by atoms with Crippen molar-refractivity contribution < 1.29 is 28.6 Å². The molecular weight excluding hydrogens is 354 g/mol. The SMILES string of the molecule is COC(=O)CC1=C(C(=O)OC)[C@]2(C(=O)N1)C(C#N)=C(N)Oc1ccccc12. The minimum absolute atomic E-state index is 0.0176. The number of methoxy groups -OCH3 is 2. The number of nitrogens with one attached hydrogen (secondary N) is 1. The highest BCUT2D eigenvalue weighted by molar-refractivity contribution is 6.13. The largest absolute Gasteiger partial charge is 0.469 e. The molecule has 0 saturated carbocycles. The summed E-state index contributed by atoms with van der Waals surface area (Å²) in [4.78, 5) is 37.6. The second-order valence-electron chi connectivity index (χ2n) is 5.75. The van der Waals surface area contributed by atoms with Crippen LogP contribution in [-0.4, -0.2) is 32.1 Å². The van der Waals surface area contributed by atoms with E-state index >= 15 is 0 Å². The van der Waals surface area contributed by atoms with Crippen LogP contribution in [0.5, 0.6) is 5.75 Å². The molecule has 2 aliphatic rings. The highest BCUT2D eigenvalue weighted by Crippen LogP contribution is 2.51. The van der Waals surface area contributed by atoms with Gasteiger partial charge in [0.15, 0.2) is 5.41 Å². The fourth-order valence-electron chi connectivity index (χ4n) is 3.35. The second kappa shape index (κ2) is 6.49. The minimum Gasteiger partial charge on any atom is -0.469 e. The maximum atomic E-state index is 13.1. The number of carbonyl (C=O) groups excluding carboxylic acids is 3. The Hall–Kier alpha value is -3.80. The minimum atomic E-state index is -1.88. The van der Waals surface area contributed by atoms with Gasteiger partial charge in [-0.2, -0.15) is 5.26 Å². The van der Waals surface area contributed by atoms with Crippen molar-refractivity contribution in [3.63, 3.8) is 0 Å². The first kappa shape index (κ1) is 18.0. The lowest BCUT2D eigenvalue weighted by Crippen LogP contribution is -2.46. The van der Waals surface area contributed by atoms with Gasteiger partial charge in [-0.3, -0.25) is 9.59 Å². The Bertz CT molecular complexity index is 972. The molecule has 3 N–H and O–H groups in total. The number of ether oxygens (including phenoxy) is 3. The molecule has 1 aromatic rings. The van der Waals surface area contributed by atoms with Gasteiger partial charge >= 0.3 is 11.9 Å². The highest BCUT2D eigenvalue weighted by Gasteiger charge is 2.60. The van der Waals surface area contributed by atoms with Gasteiger partial charge in [0.25, 0.3) is 0 Å². The summed E-state index contributed by atoms with van der Waals surface area (Å²) in [7, 11) is 2.31. The average molecular weight is 369 g/mol. The van der Waals surface area contributed by atoms with E-state index in [2.05, 4.69) is 10.1 Å². The molecule has 27 heavy (non-hydrogen) atoms. The zero-order chi connectivity index (χ0) is 19.8. The summed E-state index contributed by atoms with van der Waals surface area (Å²) in [5.74, 6) is -2.38. The summed E-state index contributed by atoms with van der Waals surface area (Å²) in [5.41, 5.74) is 3.76. The standard InChI is InChI=1S/C18H15N3O6/c1-25-13(22)7-11-14(16(23)26-2)18(17(24)21-11)9-5-3-4-6-12(9)27-15(20)10(18)8-19/h3-6H,7,20H2,1-2H3,(H,21,24)/t18-/m1/s1. The van der Waals surface area contributed by atoms with Crippen LogP contribution in [0.25, 0.3) is 0 Å². The number of esters is 2. The van der Waals surface area contributed by atoms with E-state index in [1.165, 1.54) is 7.11 Å². The lowest BCUT2D eigenvalue weighted by atomic mass is 9.68. The van der Waals surface area contributed by atoms with Crippen molar-refractivity contribution >= 4 is 17.8 Å². The summed E-state index contributed by atoms with van der Waals surface area (Å²) in [6.07, 6.45) is -0.393. The third-order valence-corrected chi connectivity index (χ3v) is 4.46. The molecule has 0 unspecified atom stereocenters. The molecule has 9 heteroatoms. The Morgan fingerprint density at radius 3 is 2.63 bits per heavy atom. The fraction of sp³-hybridized carbons (Fsp3) is 0.222. The molecule has 0 aromatic heterocycles. The van der Waals surface area contributed by atoms with Gasteiger partial charge in [0, 0.05) is 11.3 Å². The maximum Gasteiger partial charge on any atom is 0.337 e. The fourth-order valence-corrected chi connectivity index (χ4v) is 3.35. The molecule has 1 amide bonds. The number of nitrogens with two attached hydrogens (primary N) is 1. The number of benzene rings is 1. The van der Waals surface area contributed by atoms with E-state index in [1.54, 1.807) is 24.3 Å². The number of nitriles is 1. The van der Waals surface area contributed by atoms with Crippen LogP contribution in [0.4, 0.5) is 0 Å². The predicted octanol–water partition coefficient (Wildman–Crippen LogP) is 0.131. The van der Waals surface area contributed by atoms with Crippen LogP contribution in [0.2, 0.25) is 0 Å². The molecule has 1 spiro atoms. The van der Waals surface area contributed by atoms with Gasteiger partial charge in [-0.25, -0.2) is 4.79 Å². The molecule has 138 valence electrons. The first-order valence-electron chi connectivity index (χ1n) is 7.79. The van der Waals surface area contributed by atoms with Crippen molar-refractivity contribution in [2.45, 2.75) is 11.8 Å². The molecule has 9 nitrogen and oxygen atoms in total. The second-order valence-corrected chi connectivity index (χ2v) is 5.75. The lowest BCUT2D eigenvalue weighted by molar-refractivity contribution is -0.139. The third kappa shape index (κ3) is 2.42. The summed E-state index contributed by atoms with van der Waals surface area (Å²) in [5, 5.41) is 12.2. The first-order chi connectivity index (χ1) is 12.9. The monoisotopic (exact) mass is 369 g/mol. The number of amides is 1. The zero-order valence-corrected chi connectivity index (χ0v) is 14.5. The topological polar surface area (TPSA) is 141 Å². The smallest absolute Gasteiger partial charge is 0.337 e. The molecular formula is C18H15N3O6. The molecule has 3 rings (SSSR count). The van der Waals surface area contributed by atoms with Crippen LogP contribution in [0.3, 0.4) is 0 Å². The number of hydrogen-bond acceptors (Lipinski definition) is 8. The molecule has 0 saturated heterocycles. The molecule has 1 aromatic carbocycles. The molecule has 0 fully saturated rings. The van der Waals surface area contributed by atoms with Crippen molar-refractivity contribution in [3.8, 4) is 11.8 Å². The third-order valence-electron chi connectivity index (χ3n) is 4.46. The Balaban J connectivity index is 2.40. The predicted molar refractivity (Wildman–Crippen MR) is 89.4 cm³/mol. The van der Waals surface area contributed by atoms with Crippen molar-refractivity contribution in [3.05, 3.63) is 52.6 Å². The van der Waals surface area contributed by atoms with Crippen LogP contribution >= 0.6 is 0 Å². The lowest BCUT2D eigenvalue weighted by Gasteiger charge is -2.34. The average Bonchev–Trinajstić information content (AvgIpc) is 2.93. The number of rotatable bonds is 3. The van der Waals surface area contributed by atoms with Gasteiger partial charge in [-0.15, -0.1) is 0 Å². The molecule has 1 atom stereocenters. The number of carbonyl (C=O) groups is 3.